The maximum atomic E-state index is 13.3. The number of aromatic nitrogens is 6. The van der Waals surface area contributed by atoms with E-state index in [1.165, 1.54) is 6.20 Å². The normalized spacial score (nSPS) is 21.7. The van der Waals surface area contributed by atoms with E-state index >= 15 is 0 Å². The van der Waals surface area contributed by atoms with Gasteiger partial charge in [-0.2, -0.15) is 10.1 Å². The zero-order chi connectivity index (χ0) is 26.6. The molecule has 4 heterocycles. The summed E-state index contributed by atoms with van der Waals surface area (Å²) in [4.78, 5) is 20.1. The van der Waals surface area contributed by atoms with Gasteiger partial charge < -0.3 is 20.1 Å². The van der Waals surface area contributed by atoms with Crippen molar-refractivity contribution in [3.8, 4) is 0 Å². The highest BCUT2D eigenvalue weighted by atomic mass is 35.5. The van der Waals surface area contributed by atoms with Gasteiger partial charge in [0.1, 0.15) is 17.7 Å². The summed E-state index contributed by atoms with van der Waals surface area (Å²) in [5.74, 6) is 2.06. The van der Waals surface area contributed by atoms with Crippen molar-refractivity contribution in [1.82, 2.24) is 34.6 Å². The van der Waals surface area contributed by atoms with Gasteiger partial charge in [-0.05, 0) is 57.2 Å². The van der Waals surface area contributed by atoms with Gasteiger partial charge in [-0.15, -0.1) is 0 Å². The first-order valence-electron chi connectivity index (χ1n) is 12.4. The van der Waals surface area contributed by atoms with E-state index in [9.17, 15) is 4.57 Å². The average molecular weight is 572 g/mol. The van der Waals surface area contributed by atoms with Gasteiger partial charge in [0, 0.05) is 25.5 Å². The van der Waals surface area contributed by atoms with Crippen molar-refractivity contribution in [2.75, 3.05) is 44.1 Å². The van der Waals surface area contributed by atoms with Crippen molar-refractivity contribution in [3.63, 3.8) is 0 Å². The molecule has 38 heavy (non-hydrogen) atoms. The topological polar surface area (TPSA) is 114 Å². The molecular weight excluding hydrogens is 544 g/mol. The number of rotatable bonds is 6. The Morgan fingerprint density at radius 1 is 0.974 bits per heavy atom. The highest BCUT2D eigenvalue weighted by Crippen LogP contribution is 2.45. The van der Waals surface area contributed by atoms with Gasteiger partial charge in [0.15, 0.2) is 11.0 Å². The van der Waals surface area contributed by atoms with Crippen LogP contribution in [0.15, 0.2) is 36.9 Å². The molecule has 10 nitrogen and oxygen atoms in total. The number of benzene rings is 1. The minimum atomic E-state index is -2.74. The van der Waals surface area contributed by atoms with Crippen LogP contribution in [0.3, 0.4) is 0 Å². The van der Waals surface area contributed by atoms with Crippen molar-refractivity contribution in [1.29, 1.82) is 0 Å². The fraction of sp³-hybridized carbons (Fsp3) is 0.400. The van der Waals surface area contributed by atoms with Crippen molar-refractivity contribution in [2.45, 2.75) is 18.9 Å². The molecule has 2 atom stereocenters. The van der Waals surface area contributed by atoms with Crippen molar-refractivity contribution < 1.29 is 4.57 Å². The van der Waals surface area contributed by atoms with Crippen molar-refractivity contribution in [3.05, 3.63) is 47.1 Å². The monoisotopic (exact) mass is 571 g/mol. The molecule has 198 valence electrons. The van der Waals surface area contributed by atoms with E-state index < -0.39 is 7.14 Å². The van der Waals surface area contributed by atoms with E-state index in [1.807, 2.05) is 16.8 Å². The molecular formula is C25H28Cl2N9OP. The summed E-state index contributed by atoms with van der Waals surface area (Å²) in [6.45, 7) is 5.67. The lowest BCUT2D eigenvalue weighted by Gasteiger charge is -2.17. The molecule has 2 fully saturated rings. The van der Waals surface area contributed by atoms with Gasteiger partial charge in [0.2, 0.25) is 5.95 Å². The van der Waals surface area contributed by atoms with Crippen LogP contribution < -0.4 is 15.9 Å². The van der Waals surface area contributed by atoms with Crippen LogP contribution in [0.25, 0.3) is 11.0 Å². The fourth-order valence-corrected chi connectivity index (χ4v) is 7.63. The predicted molar refractivity (Wildman–Crippen MR) is 152 cm³/mol. The lowest BCUT2D eigenvalue weighted by molar-refractivity contribution is 0.343. The second-order valence-electron chi connectivity index (χ2n) is 10.5. The van der Waals surface area contributed by atoms with Crippen LogP contribution in [0.2, 0.25) is 10.2 Å². The fourth-order valence-electron chi connectivity index (χ4n) is 5.82. The van der Waals surface area contributed by atoms with Crippen LogP contribution in [0, 0.1) is 11.8 Å². The van der Waals surface area contributed by atoms with E-state index in [0.717, 1.165) is 25.9 Å². The van der Waals surface area contributed by atoms with E-state index in [1.54, 1.807) is 31.9 Å². The van der Waals surface area contributed by atoms with Crippen LogP contribution in [0.1, 0.15) is 18.9 Å². The molecule has 6 rings (SSSR count). The summed E-state index contributed by atoms with van der Waals surface area (Å²) in [6.07, 6.45) is 8.57. The third-order valence-corrected chi connectivity index (χ3v) is 9.57. The highest BCUT2D eigenvalue weighted by molar-refractivity contribution is 7.71. The van der Waals surface area contributed by atoms with E-state index in [4.69, 9.17) is 23.2 Å². The van der Waals surface area contributed by atoms with Crippen LogP contribution in [0.5, 0.6) is 0 Å². The molecule has 1 saturated carbocycles. The maximum Gasteiger partial charge on any atom is 0.229 e. The first kappa shape index (κ1) is 25.5. The number of anilines is 4. The molecule has 1 aromatic carbocycles. The second-order valence-corrected chi connectivity index (χ2v) is 14.5. The molecule has 0 bridgehead atoms. The number of likely N-dealkylation sites (tertiary alicyclic amines) is 1. The maximum absolute atomic E-state index is 13.3. The van der Waals surface area contributed by atoms with Gasteiger partial charge in [-0.1, -0.05) is 23.2 Å². The lowest BCUT2D eigenvalue weighted by Crippen LogP contribution is -2.18. The van der Waals surface area contributed by atoms with Gasteiger partial charge >= 0.3 is 0 Å². The molecule has 0 radical (unpaired) electrons. The standard InChI is InChI=1S/C25H28Cl2N9OP/c1-35-12-14-8-16(9-15(14)13-35)36-23(27)20(11-31-36)33-25-30-10-17(26)24(34-25)32-19-5-4-18-21(29-7-6-28-18)22(19)38(2,3)37/h4-7,10-11,14-16H,8-9,12-13H2,1-3H3,(H2,30,32,33,34). The Balaban J connectivity index is 1.26. The van der Waals surface area contributed by atoms with Crippen LogP contribution in [-0.4, -0.2) is 68.1 Å². The highest BCUT2D eigenvalue weighted by Gasteiger charge is 2.41. The van der Waals surface area contributed by atoms with Crippen LogP contribution in [0.4, 0.5) is 23.1 Å². The summed E-state index contributed by atoms with van der Waals surface area (Å²) < 4.78 is 15.2. The third kappa shape index (κ3) is 4.75. The molecule has 2 aliphatic rings. The number of fused-ring (bicyclic) bond motifs is 2. The zero-order valence-corrected chi connectivity index (χ0v) is 23.7. The summed E-state index contributed by atoms with van der Waals surface area (Å²) in [5.41, 5.74) is 2.47. The number of halogens is 2. The smallest absolute Gasteiger partial charge is 0.229 e. The number of hydrogen-bond donors (Lipinski definition) is 2. The minimum Gasteiger partial charge on any atom is -0.338 e. The van der Waals surface area contributed by atoms with Gasteiger partial charge in [-0.3, -0.25) is 9.97 Å². The average Bonchev–Trinajstić information content (AvgIpc) is 3.53. The molecule has 2 N–H and O–H groups in total. The number of nitrogens with one attached hydrogen (secondary N) is 2. The summed E-state index contributed by atoms with van der Waals surface area (Å²) in [5, 5.41) is 12.4. The molecule has 3 aromatic heterocycles. The van der Waals surface area contributed by atoms with Gasteiger partial charge in [0.25, 0.3) is 0 Å². The zero-order valence-electron chi connectivity index (χ0n) is 21.3. The summed E-state index contributed by atoms with van der Waals surface area (Å²) in [6, 6.07) is 3.92. The van der Waals surface area contributed by atoms with Gasteiger partial charge in [-0.25, -0.2) is 9.67 Å². The van der Waals surface area contributed by atoms with E-state index in [2.05, 4.69) is 47.6 Å². The molecule has 1 aliphatic heterocycles. The van der Waals surface area contributed by atoms with Crippen LogP contribution >= 0.6 is 30.3 Å². The predicted octanol–water partition coefficient (Wildman–Crippen LogP) is 5.17. The molecule has 0 amide bonds. The third-order valence-electron chi connectivity index (χ3n) is 7.39. The molecule has 13 heteroatoms. The SMILES string of the molecule is CN1CC2CC(n3ncc(Nc4ncc(Cl)c(Nc5ccc6nccnc6c5P(C)(C)=O)n4)c3Cl)CC2C1. The Morgan fingerprint density at radius 2 is 1.71 bits per heavy atom. The quantitative estimate of drug-likeness (QED) is 0.302. The molecule has 1 saturated heterocycles. The Morgan fingerprint density at radius 3 is 2.45 bits per heavy atom. The van der Waals surface area contributed by atoms with E-state index in [0.29, 0.717) is 67.5 Å². The van der Waals surface area contributed by atoms with E-state index in [-0.39, 0.29) is 0 Å². The second kappa shape index (κ2) is 9.75. The Kier molecular flexibility index (Phi) is 6.54. The lowest BCUT2D eigenvalue weighted by atomic mass is 10.0. The Hall–Kier alpha value is -2.78. The molecule has 0 spiro atoms. The molecule has 1 aliphatic carbocycles. The first-order chi connectivity index (χ1) is 18.2. The largest absolute Gasteiger partial charge is 0.338 e. The first-order valence-corrected chi connectivity index (χ1v) is 15.8. The Labute approximate surface area is 230 Å². The molecule has 4 aromatic rings. The van der Waals surface area contributed by atoms with Crippen LogP contribution in [-0.2, 0) is 4.57 Å². The Bertz CT molecular complexity index is 1560. The minimum absolute atomic E-state index is 0.290. The van der Waals surface area contributed by atoms with Crippen molar-refractivity contribution in [2.24, 2.45) is 11.8 Å². The summed E-state index contributed by atoms with van der Waals surface area (Å²) >= 11 is 13.2. The van der Waals surface area contributed by atoms with Crippen molar-refractivity contribution >= 4 is 69.8 Å². The van der Waals surface area contributed by atoms with Gasteiger partial charge in [0.05, 0.1) is 40.6 Å². The number of nitrogens with zero attached hydrogens (tertiary/aromatic N) is 7. The summed E-state index contributed by atoms with van der Waals surface area (Å²) in [7, 11) is -0.559. The molecule has 2 unspecified atom stereocenters. The number of hydrogen-bond acceptors (Lipinski definition) is 9.